The van der Waals surface area contributed by atoms with Crippen LogP contribution in [0.4, 0.5) is 0 Å². The molecule has 0 unspecified atom stereocenters. The molecule has 0 atom stereocenters. The van der Waals surface area contributed by atoms with Gasteiger partial charge in [0.1, 0.15) is 17.6 Å². The first-order valence-corrected chi connectivity index (χ1v) is 4.83. The number of carboxylic acids is 1. The van der Waals surface area contributed by atoms with Crippen molar-refractivity contribution in [2.75, 3.05) is 0 Å². The van der Waals surface area contributed by atoms with Crippen LogP contribution in [0.25, 0.3) is 0 Å². The second-order valence-corrected chi connectivity index (χ2v) is 3.04. The maximum absolute atomic E-state index is 11.2. The van der Waals surface area contributed by atoms with Crippen LogP contribution in [-0.2, 0) is 9.59 Å². The molecule has 1 aromatic rings. The summed E-state index contributed by atoms with van der Waals surface area (Å²) in [6.07, 6.45) is 1.11. The smallest absolute Gasteiger partial charge is 0.342 e. The van der Waals surface area contributed by atoms with Gasteiger partial charge in [-0.15, -0.1) is 0 Å². The van der Waals surface area contributed by atoms with Crippen molar-refractivity contribution in [2.45, 2.75) is 13.3 Å². The summed E-state index contributed by atoms with van der Waals surface area (Å²) in [6, 6.07) is 8.67. The molecule has 0 aliphatic rings. The van der Waals surface area contributed by atoms with Crippen LogP contribution in [0.3, 0.4) is 0 Å². The summed E-state index contributed by atoms with van der Waals surface area (Å²) in [4.78, 5) is 22.0. The summed E-state index contributed by atoms with van der Waals surface area (Å²) in [5, 5.41) is 8.78. The molecule has 0 amide bonds. The minimum absolute atomic E-state index is 0.135. The Kier molecular flexibility index (Phi) is 4.27. The van der Waals surface area contributed by atoms with Gasteiger partial charge in [-0.3, -0.25) is 4.79 Å². The zero-order valence-electron chi connectivity index (χ0n) is 8.84. The summed E-state index contributed by atoms with van der Waals surface area (Å²) in [5.74, 6) is -1.24. The second kappa shape index (κ2) is 5.70. The Labute approximate surface area is 93.2 Å². The van der Waals surface area contributed by atoms with Crippen LogP contribution >= 0.6 is 0 Å². The molecule has 1 rings (SSSR count). The highest BCUT2D eigenvalue weighted by Gasteiger charge is 2.15. The fourth-order valence-electron chi connectivity index (χ4n) is 1.05. The van der Waals surface area contributed by atoms with Crippen LogP contribution in [0.15, 0.2) is 42.2 Å². The SMILES string of the molecule is CCC(=O)C(=COc1ccccc1)C(=O)O. The summed E-state index contributed by atoms with van der Waals surface area (Å²) in [7, 11) is 0. The van der Waals surface area contributed by atoms with Gasteiger partial charge >= 0.3 is 5.97 Å². The van der Waals surface area contributed by atoms with E-state index >= 15 is 0 Å². The number of aliphatic carboxylic acids is 1. The number of ketones is 1. The summed E-state index contributed by atoms with van der Waals surface area (Å²) in [5.41, 5.74) is -0.341. The molecule has 0 aromatic heterocycles. The number of carbonyl (C=O) groups is 2. The molecule has 0 spiro atoms. The van der Waals surface area contributed by atoms with Crippen molar-refractivity contribution in [1.29, 1.82) is 0 Å². The Morgan fingerprint density at radius 3 is 2.44 bits per heavy atom. The maximum atomic E-state index is 11.2. The first kappa shape index (κ1) is 12.0. The van der Waals surface area contributed by atoms with Crippen LogP contribution in [0.2, 0.25) is 0 Å². The predicted octanol–water partition coefficient (Wildman–Crippen LogP) is 2.01. The Hall–Kier alpha value is -2.10. The molecule has 4 nitrogen and oxygen atoms in total. The highest BCUT2D eigenvalue weighted by atomic mass is 16.5. The Morgan fingerprint density at radius 1 is 1.31 bits per heavy atom. The lowest BCUT2D eigenvalue weighted by Crippen LogP contribution is -2.12. The topological polar surface area (TPSA) is 63.6 Å². The molecule has 84 valence electrons. The lowest BCUT2D eigenvalue weighted by atomic mass is 10.1. The number of hydrogen-bond acceptors (Lipinski definition) is 3. The molecule has 1 N–H and O–H groups in total. The second-order valence-electron chi connectivity index (χ2n) is 3.04. The van der Waals surface area contributed by atoms with E-state index in [0.717, 1.165) is 6.26 Å². The maximum Gasteiger partial charge on any atom is 0.342 e. The molecule has 0 fully saturated rings. The van der Waals surface area contributed by atoms with Gasteiger partial charge in [-0.1, -0.05) is 25.1 Å². The number of benzene rings is 1. The van der Waals surface area contributed by atoms with Crippen LogP contribution in [0.1, 0.15) is 13.3 Å². The monoisotopic (exact) mass is 220 g/mol. The van der Waals surface area contributed by atoms with Gasteiger partial charge in [0, 0.05) is 6.42 Å². The molecule has 0 saturated carbocycles. The van der Waals surface area contributed by atoms with Crippen molar-refractivity contribution in [1.82, 2.24) is 0 Å². The van der Waals surface area contributed by atoms with E-state index in [9.17, 15) is 9.59 Å². The van der Waals surface area contributed by atoms with Gasteiger partial charge in [0.05, 0.1) is 0 Å². The number of Topliss-reactive ketones (excluding diaryl/α,β-unsaturated/α-hetero) is 1. The Morgan fingerprint density at radius 2 is 1.94 bits per heavy atom. The van der Waals surface area contributed by atoms with Crippen molar-refractivity contribution >= 4 is 11.8 Å². The predicted molar refractivity (Wildman–Crippen MR) is 58.1 cm³/mol. The molecule has 0 aliphatic heterocycles. The summed E-state index contributed by atoms with van der Waals surface area (Å²) < 4.78 is 5.09. The van der Waals surface area contributed by atoms with Crippen LogP contribution < -0.4 is 4.74 Å². The van der Waals surface area contributed by atoms with Gasteiger partial charge in [0.25, 0.3) is 0 Å². The molecule has 0 aliphatic carbocycles. The van der Waals surface area contributed by atoms with Crippen molar-refractivity contribution in [3.8, 4) is 5.75 Å². The molecule has 0 radical (unpaired) electrons. The third kappa shape index (κ3) is 3.24. The molecule has 1 aromatic carbocycles. The molecule has 16 heavy (non-hydrogen) atoms. The van der Waals surface area contributed by atoms with E-state index in [1.807, 2.05) is 6.07 Å². The van der Waals surface area contributed by atoms with Gasteiger partial charge in [0.15, 0.2) is 5.78 Å². The molecule has 0 saturated heterocycles. The van der Waals surface area contributed by atoms with Crippen LogP contribution in [-0.4, -0.2) is 16.9 Å². The zero-order chi connectivity index (χ0) is 12.0. The fraction of sp³-hybridized carbons (Fsp3) is 0.167. The minimum Gasteiger partial charge on any atom is -0.477 e. The van der Waals surface area contributed by atoms with Crippen molar-refractivity contribution in [2.24, 2.45) is 0 Å². The van der Waals surface area contributed by atoms with Gasteiger partial charge < -0.3 is 9.84 Å². The summed E-state index contributed by atoms with van der Waals surface area (Å²) in [6.45, 7) is 1.60. The van der Waals surface area contributed by atoms with E-state index in [4.69, 9.17) is 9.84 Å². The van der Waals surface area contributed by atoms with E-state index in [0.29, 0.717) is 5.75 Å². The Bertz CT molecular complexity index is 406. The van der Waals surface area contributed by atoms with E-state index in [1.165, 1.54) is 0 Å². The molecule has 4 heteroatoms. The zero-order valence-corrected chi connectivity index (χ0v) is 8.84. The third-order valence-electron chi connectivity index (χ3n) is 1.91. The fourth-order valence-corrected chi connectivity index (χ4v) is 1.05. The average Bonchev–Trinajstić information content (AvgIpc) is 2.30. The lowest BCUT2D eigenvalue weighted by molar-refractivity contribution is -0.134. The number of rotatable bonds is 5. The van der Waals surface area contributed by atoms with E-state index in [-0.39, 0.29) is 12.0 Å². The van der Waals surface area contributed by atoms with Crippen molar-refractivity contribution in [3.63, 3.8) is 0 Å². The number of para-hydroxylation sites is 1. The molecular weight excluding hydrogens is 208 g/mol. The quantitative estimate of drug-likeness (QED) is 0.357. The molecular formula is C12H12O4. The van der Waals surface area contributed by atoms with E-state index < -0.39 is 11.8 Å². The van der Waals surface area contributed by atoms with Crippen LogP contribution in [0, 0.1) is 0 Å². The normalized spacial score (nSPS) is 10.9. The van der Waals surface area contributed by atoms with Gasteiger partial charge in [-0.05, 0) is 12.1 Å². The van der Waals surface area contributed by atoms with Gasteiger partial charge in [0.2, 0.25) is 0 Å². The standard InChI is InChI=1S/C12H12O4/c1-2-11(13)10(12(14)15)8-16-9-6-4-3-5-7-9/h3-8H,2H2,1H3,(H,14,15). The molecule has 0 heterocycles. The minimum atomic E-state index is -1.28. The number of carboxylic acid groups (broad SMARTS) is 1. The van der Waals surface area contributed by atoms with Crippen molar-refractivity contribution < 1.29 is 19.4 Å². The largest absolute Gasteiger partial charge is 0.477 e. The van der Waals surface area contributed by atoms with Gasteiger partial charge in [-0.25, -0.2) is 4.79 Å². The van der Waals surface area contributed by atoms with Crippen LogP contribution in [0.5, 0.6) is 5.75 Å². The van der Waals surface area contributed by atoms with Crippen molar-refractivity contribution in [3.05, 3.63) is 42.2 Å². The van der Waals surface area contributed by atoms with E-state index in [1.54, 1.807) is 31.2 Å². The average molecular weight is 220 g/mol. The number of carbonyl (C=O) groups excluding carboxylic acids is 1. The summed E-state index contributed by atoms with van der Waals surface area (Å²) >= 11 is 0. The lowest BCUT2D eigenvalue weighted by Gasteiger charge is -2.01. The highest BCUT2D eigenvalue weighted by molar-refractivity contribution is 6.16. The van der Waals surface area contributed by atoms with E-state index in [2.05, 4.69) is 0 Å². The van der Waals surface area contributed by atoms with Gasteiger partial charge in [-0.2, -0.15) is 0 Å². The first-order chi connectivity index (χ1) is 7.65. The number of ether oxygens (including phenoxy) is 1. The number of hydrogen-bond donors (Lipinski definition) is 1. The highest BCUT2D eigenvalue weighted by Crippen LogP contribution is 2.10. The Balaban J connectivity index is 2.81. The molecule has 0 bridgehead atoms. The first-order valence-electron chi connectivity index (χ1n) is 4.83. The third-order valence-corrected chi connectivity index (χ3v) is 1.91.